The highest BCUT2D eigenvalue weighted by Crippen LogP contribution is 2.45. The van der Waals surface area contributed by atoms with E-state index in [1.54, 1.807) is 0 Å². The second-order valence-electron chi connectivity index (χ2n) is 10.1. The van der Waals surface area contributed by atoms with E-state index in [4.69, 9.17) is 4.74 Å². The van der Waals surface area contributed by atoms with Crippen LogP contribution < -0.4 is 4.74 Å². The van der Waals surface area contributed by atoms with Gasteiger partial charge in [0.15, 0.2) is 0 Å². The van der Waals surface area contributed by atoms with Crippen LogP contribution in [0.25, 0.3) is 22.2 Å². The Morgan fingerprint density at radius 1 is 1.00 bits per heavy atom. The van der Waals surface area contributed by atoms with Crippen molar-refractivity contribution in [2.24, 2.45) is 5.41 Å². The van der Waals surface area contributed by atoms with Crippen molar-refractivity contribution in [2.75, 3.05) is 6.61 Å². The minimum Gasteiger partial charge on any atom is -0.478 e. The molecular formula is C37H44N2O. The average Bonchev–Trinajstić information content (AvgIpc) is 3.37. The van der Waals surface area contributed by atoms with Crippen molar-refractivity contribution < 1.29 is 4.74 Å². The van der Waals surface area contributed by atoms with E-state index in [0.29, 0.717) is 6.61 Å². The van der Waals surface area contributed by atoms with Crippen LogP contribution in [0.2, 0.25) is 0 Å². The van der Waals surface area contributed by atoms with Crippen LogP contribution in [0.3, 0.4) is 0 Å². The quantitative estimate of drug-likeness (QED) is 0.167. The molecule has 0 saturated carbocycles. The molecule has 3 aromatic heterocycles. The first-order valence-electron chi connectivity index (χ1n) is 14.2. The number of rotatable bonds is 8. The normalized spacial score (nSPS) is 15.8. The lowest BCUT2D eigenvalue weighted by Crippen LogP contribution is -2.18. The van der Waals surface area contributed by atoms with E-state index in [-0.39, 0.29) is 5.41 Å². The summed E-state index contributed by atoms with van der Waals surface area (Å²) in [6.45, 7) is 21.7. The second kappa shape index (κ2) is 14.3. The van der Waals surface area contributed by atoms with E-state index in [2.05, 4.69) is 128 Å². The fourth-order valence-electron chi connectivity index (χ4n) is 5.05. The SMILES string of the molecule is C=C.C=C(c1c(-c2ccccc2)cc2ccccn12)C1(C)C=CC(CCCOc2cc(C)cc(C)n2)=CC1.CC. The molecule has 5 rings (SSSR count). The van der Waals surface area contributed by atoms with Crippen LogP contribution in [0.1, 0.15) is 57.0 Å². The Kier molecular flexibility index (Phi) is 10.9. The lowest BCUT2D eigenvalue weighted by Gasteiger charge is -2.31. The van der Waals surface area contributed by atoms with Gasteiger partial charge in [0, 0.05) is 34.5 Å². The molecule has 3 heteroatoms. The highest BCUT2D eigenvalue weighted by atomic mass is 16.5. The van der Waals surface area contributed by atoms with E-state index in [0.717, 1.165) is 36.4 Å². The molecule has 0 spiro atoms. The molecule has 0 N–H and O–H groups in total. The number of pyridine rings is 2. The molecule has 1 aromatic carbocycles. The lowest BCUT2D eigenvalue weighted by molar-refractivity contribution is 0.298. The number of benzene rings is 1. The van der Waals surface area contributed by atoms with Crippen molar-refractivity contribution in [3.8, 4) is 17.0 Å². The lowest BCUT2D eigenvalue weighted by atomic mass is 9.74. The number of aryl methyl sites for hydroxylation is 2. The molecule has 0 radical (unpaired) electrons. The summed E-state index contributed by atoms with van der Waals surface area (Å²) in [7, 11) is 0. The first kappa shape index (κ1) is 30.4. The predicted octanol–water partition coefficient (Wildman–Crippen LogP) is 10.2. The maximum atomic E-state index is 5.90. The Labute approximate surface area is 241 Å². The minimum absolute atomic E-state index is 0.142. The molecule has 3 heterocycles. The highest BCUT2D eigenvalue weighted by Gasteiger charge is 2.30. The molecule has 0 fully saturated rings. The third-order valence-electron chi connectivity index (χ3n) is 7.13. The van der Waals surface area contributed by atoms with Gasteiger partial charge in [-0.05, 0) is 74.1 Å². The van der Waals surface area contributed by atoms with Crippen molar-refractivity contribution in [1.82, 2.24) is 9.38 Å². The number of ether oxygens (including phenoxy) is 1. The van der Waals surface area contributed by atoms with Crippen LogP contribution in [0.15, 0.2) is 116 Å². The zero-order chi connectivity index (χ0) is 29.1. The molecule has 1 aliphatic rings. The summed E-state index contributed by atoms with van der Waals surface area (Å²) in [5, 5.41) is 0. The van der Waals surface area contributed by atoms with E-state index in [9.17, 15) is 0 Å². The fraction of sp³-hybridized carbons (Fsp3) is 0.270. The Hall–Kier alpha value is -4.11. The molecule has 1 atom stereocenters. The molecular weight excluding hydrogens is 488 g/mol. The number of fused-ring (bicyclic) bond motifs is 1. The van der Waals surface area contributed by atoms with Gasteiger partial charge in [0.25, 0.3) is 0 Å². The summed E-state index contributed by atoms with van der Waals surface area (Å²) in [5.74, 6) is 0.721. The van der Waals surface area contributed by atoms with Crippen molar-refractivity contribution in [3.05, 3.63) is 133 Å². The molecule has 40 heavy (non-hydrogen) atoms. The highest BCUT2D eigenvalue weighted by molar-refractivity contribution is 5.86. The first-order chi connectivity index (χ1) is 19.4. The van der Waals surface area contributed by atoms with Crippen LogP contribution in [0.4, 0.5) is 0 Å². The van der Waals surface area contributed by atoms with Gasteiger partial charge >= 0.3 is 0 Å². The Balaban J connectivity index is 0.00000106. The van der Waals surface area contributed by atoms with Gasteiger partial charge in [-0.3, -0.25) is 0 Å². The molecule has 3 nitrogen and oxygen atoms in total. The molecule has 208 valence electrons. The maximum Gasteiger partial charge on any atom is 0.213 e. The monoisotopic (exact) mass is 532 g/mol. The van der Waals surface area contributed by atoms with Gasteiger partial charge in [0.2, 0.25) is 5.88 Å². The summed E-state index contributed by atoms with van der Waals surface area (Å²) in [6, 6.07) is 23.3. The topological polar surface area (TPSA) is 26.5 Å². The standard InChI is InChI=1S/C33H34N2O.C2H6.C2H4/c1-24-21-25(2)34-31(22-24)36-20-10-11-27-15-17-33(4,18-16-27)26(3)32-30(28-12-6-5-7-13-28)23-29-14-8-9-19-35(29)32;2*1-2/h5-9,12-17,19,21-23H,3,10-11,18,20H2,1-2,4H3;1-2H3;1-2H2. The second-order valence-corrected chi connectivity index (χ2v) is 10.1. The summed E-state index contributed by atoms with van der Waals surface area (Å²) in [6.07, 6.45) is 12.0. The van der Waals surface area contributed by atoms with Crippen molar-refractivity contribution in [2.45, 2.75) is 53.9 Å². The summed E-state index contributed by atoms with van der Waals surface area (Å²) < 4.78 is 8.18. The molecule has 0 aliphatic heterocycles. The Bertz CT molecular complexity index is 1450. The van der Waals surface area contributed by atoms with Gasteiger partial charge < -0.3 is 9.14 Å². The molecule has 1 aliphatic carbocycles. The molecule has 1 unspecified atom stereocenters. The number of hydrogen-bond donors (Lipinski definition) is 0. The van der Waals surface area contributed by atoms with Crippen LogP contribution >= 0.6 is 0 Å². The van der Waals surface area contributed by atoms with Gasteiger partial charge in [-0.2, -0.15) is 0 Å². The summed E-state index contributed by atoms with van der Waals surface area (Å²) in [5.41, 5.74) is 9.36. The summed E-state index contributed by atoms with van der Waals surface area (Å²) >= 11 is 0. The van der Waals surface area contributed by atoms with Crippen LogP contribution in [0.5, 0.6) is 5.88 Å². The Morgan fingerprint density at radius 3 is 2.40 bits per heavy atom. The first-order valence-corrected chi connectivity index (χ1v) is 14.2. The maximum absolute atomic E-state index is 5.90. The predicted molar refractivity (Wildman–Crippen MR) is 173 cm³/mol. The molecule has 4 aromatic rings. The van der Waals surface area contributed by atoms with E-state index in [1.807, 2.05) is 26.8 Å². The van der Waals surface area contributed by atoms with Crippen LogP contribution in [0, 0.1) is 19.3 Å². The van der Waals surface area contributed by atoms with Gasteiger partial charge in [0.1, 0.15) is 0 Å². The van der Waals surface area contributed by atoms with Gasteiger partial charge in [0.05, 0.1) is 12.3 Å². The minimum atomic E-state index is -0.142. The van der Waals surface area contributed by atoms with Crippen LogP contribution in [-0.4, -0.2) is 16.0 Å². The van der Waals surface area contributed by atoms with Crippen LogP contribution in [-0.2, 0) is 0 Å². The average molecular weight is 533 g/mol. The molecule has 0 bridgehead atoms. The number of hydrogen-bond acceptors (Lipinski definition) is 2. The summed E-state index contributed by atoms with van der Waals surface area (Å²) in [4.78, 5) is 4.47. The fourth-order valence-corrected chi connectivity index (χ4v) is 5.05. The number of allylic oxidation sites excluding steroid dienone is 5. The molecule has 0 amide bonds. The molecule has 0 saturated heterocycles. The van der Waals surface area contributed by atoms with Gasteiger partial charge in [-0.25, -0.2) is 4.98 Å². The zero-order valence-electron chi connectivity index (χ0n) is 24.9. The van der Waals surface area contributed by atoms with Crippen molar-refractivity contribution in [3.63, 3.8) is 0 Å². The smallest absolute Gasteiger partial charge is 0.213 e. The van der Waals surface area contributed by atoms with E-state index < -0.39 is 0 Å². The number of nitrogens with zero attached hydrogens (tertiary/aromatic N) is 2. The largest absolute Gasteiger partial charge is 0.478 e. The van der Waals surface area contributed by atoms with E-state index in [1.165, 1.54) is 33.5 Å². The van der Waals surface area contributed by atoms with Crippen molar-refractivity contribution in [1.29, 1.82) is 0 Å². The van der Waals surface area contributed by atoms with Gasteiger partial charge in [-0.1, -0.05) is 87.5 Å². The Morgan fingerprint density at radius 2 is 1.73 bits per heavy atom. The third-order valence-corrected chi connectivity index (χ3v) is 7.13. The zero-order valence-corrected chi connectivity index (χ0v) is 24.9. The van der Waals surface area contributed by atoms with E-state index >= 15 is 0 Å². The van der Waals surface area contributed by atoms with Crippen molar-refractivity contribution >= 4 is 11.1 Å². The van der Waals surface area contributed by atoms with Gasteiger partial charge in [-0.15, -0.1) is 13.2 Å². The third kappa shape index (κ3) is 7.09. The number of aromatic nitrogens is 2.